The molecule has 0 aliphatic carbocycles. The molecule has 1 heterocycles. The van der Waals surface area contributed by atoms with E-state index >= 15 is 0 Å². The van der Waals surface area contributed by atoms with Gasteiger partial charge in [0, 0.05) is 6.42 Å². The summed E-state index contributed by atoms with van der Waals surface area (Å²) in [4.78, 5) is 3.84. The van der Waals surface area contributed by atoms with E-state index in [-0.39, 0.29) is 0 Å². The molecular formula is C5H8N2O. The van der Waals surface area contributed by atoms with E-state index in [9.17, 15) is 5.21 Å². The van der Waals surface area contributed by atoms with Crippen LogP contribution < -0.4 is 0 Å². The van der Waals surface area contributed by atoms with Gasteiger partial charge in [0.15, 0.2) is 5.71 Å². The third-order valence-electron chi connectivity index (χ3n) is 1.12. The number of aliphatic imine (C=N–C) groups is 1. The minimum Gasteiger partial charge on any atom is -0.715 e. The van der Waals surface area contributed by atoms with Gasteiger partial charge < -0.3 is 5.21 Å². The average Bonchev–Trinajstić information content (AvgIpc) is 2.14. The second kappa shape index (κ2) is 1.94. The summed E-state index contributed by atoms with van der Waals surface area (Å²) in [6, 6.07) is 0. The molecule has 0 aromatic carbocycles. The van der Waals surface area contributed by atoms with Crippen LogP contribution in [-0.2, 0) is 0 Å². The molecule has 0 N–H and O–H groups in total. The van der Waals surface area contributed by atoms with Gasteiger partial charge in [-0.2, -0.15) is 0 Å². The van der Waals surface area contributed by atoms with Crippen LogP contribution >= 0.6 is 0 Å². The first kappa shape index (κ1) is 5.28. The lowest BCUT2D eigenvalue weighted by Gasteiger charge is -1.97. The van der Waals surface area contributed by atoms with Crippen molar-refractivity contribution in [1.82, 2.24) is 0 Å². The van der Waals surface area contributed by atoms with Crippen molar-refractivity contribution >= 4 is 12.1 Å². The molecule has 0 atom stereocenters. The van der Waals surface area contributed by atoms with Crippen molar-refractivity contribution in [2.75, 3.05) is 6.54 Å². The Balaban J connectivity index is 2.49. The Bertz CT molecular complexity index is 149. The molecule has 0 amide bonds. The van der Waals surface area contributed by atoms with Gasteiger partial charge in [-0.1, -0.05) is 11.9 Å². The van der Waals surface area contributed by atoms with Gasteiger partial charge in [-0.05, 0) is 0 Å². The number of hydroxylamine groups is 1. The van der Waals surface area contributed by atoms with Gasteiger partial charge in [0.05, 0.1) is 0 Å². The molecule has 1 rings (SSSR count). The van der Waals surface area contributed by atoms with E-state index in [0.29, 0.717) is 6.54 Å². The Morgan fingerprint density at radius 3 is 3.00 bits per heavy atom. The standard InChI is InChI=1S/C5H8N2O/c1-2-5-3-7(8)4-6-5/h4H,2-3H2,1H3. The smallest absolute Gasteiger partial charge is 0.284 e. The van der Waals surface area contributed by atoms with Crippen LogP contribution in [0.5, 0.6) is 0 Å². The van der Waals surface area contributed by atoms with Crippen LogP contribution in [0.25, 0.3) is 0 Å². The van der Waals surface area contributed by atoms with Gasteiger partial charge in [0.1, 0.15) is 6.54 Å². The molecule has 0 unspecified atom stereocenters. The van der Waals surface area contributed by atoms with Crippen LogP contribution in [0.2, 0.25) is 0 Å². The minimum atomic E-state index is 0.469. The molecule has 0 bridgehead atoms. The average molecular weight is 112 g/mol. The molecule has 0 aromatic rings. The van der Waals surface area contributed by atoms with Crippen molar-refractivity contribution in [2.24, 2.45) is 4.99 Å². The van der Waals surface area contributed by atoms with Gasteiger partial charge in [0.2, 0.25) is 0 Å². The van der Waals surface area contributed by atoms with E-state index in [1.807, 2.05) is 6.92 Å². The first-order valence-corrected chi connectivity index (χ1v) is 2.65. The fraction of sp³-hybridized carbons (Fsp3) is 0.600. The summed E-state index contributed by atoms with van der Waals surface area (Å²) in [7, 11) is 0. The van der Waals surface area contributed by atoms with Gasteiger partial charge in [-0.25, -0.2) is 0 Å². The van der Waals surface area contributed by atoms with Crippen LogP contribution in [-0.4, -0.2) is 23.3 Å². The second-order valence-electron chi connectivity index (χ2n) is 1.74. The van der Waals surface area contributed by atoms with E-state index in [4.69, 9.17) is 0 Å². The SMILES string of the molecule is CCC1=NC=[N+]([O-])C1. The summed E-state index contributed by atoms with van der Waals surface area (Å²) < 4.78 is 0.832. The lowest BCUT2D eigenvalue weighted by Crippen LogP contribution is -2.07. The van der Waals surface area contributed by atoms with Crippen LogP contribution in [0.3, 0.4) is 0 Å². The Labute approximate surface area is 47.9 Å². The normalized spacial score (nSPS) is 18.1. The number of hydrogen-bond donors (Lipinski definition) is 0. The summed E-state index contributed by atoms with van der Waals surface area (Å²) in [5.74, 6) is 0. The van der Waals surface area contributed by atoms with Gasteiger partial charge >= 0.3 is 0 Å². The molecule has 1 aliphatic heterocycles. The Morgan fingerprint density at radius 2 is 2.75 bits per heavy atom. The number of hydrogen-bond acceptors (Lipinski definition) is 2. The molecule has 3 heteroatoms. The molecule has 1 aliphatic rings. The zero-order valence-corrected chi connectivity index (χ0v) is 4.79. The van der Waals surface area contributed by atoms with E-state index in [1.165, 1.54) is 6.34 Å². The number of rotatable bonds is 1. The highest BCUT2D eigenvalue weighted by atomic mass is 16.5. The van der Waals surface area contributed by atoms with Crippen molar-refractivity contribution in [3.05, 3.63) is 5.21 Å². The monoisotopic (exact) mass is 112 g/mol. The minimum absolute atomic E-state index is 0.469. The largest absolute Gasteiger partial charge is 0.715 e. The lowest BCUT2D eigenvalue weighted by atomic mass is 10.3. The summed E-state index contributed by atoms with van der Waals surface area (Å²) in [6.07, 6.45) is 2.20. The van der Waals surface area contributed by atoms with E-state index < -0.39 is 0 Å². The first-order valence-electron chi connectivity index (χ1n) is 2.65. The Kier molecular flexibility index (Phi) is 1.28. The predicted molar refractivity (Wildman–Crippen MR) is 32.3 cm³/mol. The topological polar surface area (TPSA) is 38.4 Å². The zero-order valence-electron chi connectivity index (χ0n) is 4.79. The van der Waals surface area contributed by atoms with Crippen LogP contribution in [0, 0.1) is 5.21 Å². The zero-order chi connectivity index (χ0) is 5.98. The number of nitrogens with zero attached hydrogens (tertiary/aromatic N) is 2. The third-order valence-corrected chi connectivity index (χ3v) is 1.12. The molecule has 0 fully saturated rings. The fourth-order valence-corrected chi connectivity index (χ4v) is 0.611. The fourth-order valence-electron chi connectivity index (χ4n) is 0.611. The molecule has 0 spiro atoms. The van der Waals surface area contributed by atoms with Crippen LogP contribution in [0.1, 0.15) is 13.3 Å². The quantitative estimate of drug-likeness (QED) is 0.357. The van der Waals surface area contributed by atoms with Crippen molar-refractivity contribution in [3.63, 3.8) is 0 Å². The highest BCUT2D eigenvalue weighted by Gasteiger charge is 2.08. The van der Waals surface area contributed by atoms with E-state index in [2.05, 4.69) is 4.99 Å². The molecule has 8 heavy (non-hydrogen) atoms. The highest BCUT2D eigenvalue weighted by molar-refractivity contribution is 5.92. The highest BCUT2D eigenvalue weighted by Crippen LogP contribution is 1.91. The molecule has 0 saturated carbocycles. The van der Waals surface area contributed by atoms with Crippen molar-refractivity contribution in [1.29, 1.82) is 0 Å². The second-order valence-corrected chi connectivity index (χ2v) is 1.74. The predicted octanol–water partition coefficient (Wildman–Crippen LogP) is 0.390. The van der Waals surface area contributed by atoms with Gasteiger partial charge in [-0.3, -0.25) is 4.74 Å². The lowest BCUT2D eigenvalue weighted by molar-refractivity contribution is -0.432. The van der Waals surface area contributed by atoms with Gasteiger partial charge in [0.25, 0.3) is 6.34 Å². The molecule has 0 aromatic heterocycles. The summed E-state index contributed by atoms with van der Waals surface area (Å²) >= 11 is 0. The summed E-state index contributed by atoms with van der Waals surface area (Å²) in [5, 5.41) is 10.4. The Hall–Kier alpha value is -0.860. The van der Waals surface area contributed by atoms with Crippen LogP contribution in [0.4, 0.5) is 0 Å². The molecule has 0 radical (unpaired) electrons. The third kappa shape index (κ3) is 0.857. The Morgan fingerprint density at radius 1 is 2.00 bits per heavy atom. The van der Waals surface area contributed by atoms with Crippen molar-refractivity contribution < 1.29 is 4.74 Å². The maximum Gasteiger partial charge on any atom is 0.284 e. The molecule has 0 saturated heterocycles. The summed E-state index contributed by atoms with van der Waals surface area (Å²) in [5.41, 5.74) is 0.972. The molecule has 44 valence electrons. The summed E-state index contributed by atoms with van der Waals surface area (Å²) in [6.45, 7) is 2.46. The molecule has 3 nitrogen and oxygen atoms in total. The van der Waals surface area contributed by atoms with E-state index in [1.54, 1.807) is 0 Å². The first-order chi connectivity index (χ1) is 3.83. The van der Waals surface area contributed by atoms with Crippen LogP contribution in [0.15, 0.2) is 4.99 Å². The molecular weight excluding hydrogens is 104 g/mol. The van der Waals surface area contributed by atoms with E-state index in [0.717, 1.165) is 16.9 Å². The maximum absolute atomic E-state index is 10.4. The van der Waals surface area contributed by atoms with Gasteiger partial charge in [-0.15, -0.1) is 0 Å². The maximum atomic E-state index is 10.4. The van der Waals surface area contributed by atoms with Crippen molar-refractivity contribution in [3.8, 4) is 0 Å². The van der Waals surface area contributed by atoms with Crippen molar-refractivity contribution in [2.45, 2.75) is 13.3 Å².